The molecule has 116 valence electrons. The molecule has 0 atom stereocenters. The molecule has 1 saturated carbocycles. The van der Waals surface area contributed by atoms with E-state index >= 15 is 0 Å². The zero-order chi connectivity index (χ0) is 14.6. The van der Waals surface area contributed by atoms with Crippen LogP contribution in [-0.4, -0.2) is 58.6 Å². The van der Waals surface area contributed by atoms with Gasteiger partial charge in [0.1, 0.15) is 0 Å². The number of rotatable bonds is 4. The van der Waals surface area contributed by atoms with Crippen LogP contribution in [-0.2, 0) is 24.3 Å². The lowest BCUT2D eigenvalue weighted by Crippen LogP contribution is -2.54. The van der Waals surface area contributed by atoms with Crippen molar-refractivity contribution in [3.63, 3.8) is 0 Å². The highest BCUT2D eigenvalue weighted by Crippen LogP contribution is 2.32. The standard InChI is InChI=1S/C12H22N2O5S/c1-18-11(15)8-20(16,17)14-10-2-4-12(5-3-10)9-13-6-7-19-12/h10,13-14H,2-9H2,1H3. The molecular weight excluding hydrogens is 284 g/mol. The molecule has 0 aromatic heterocycles. The third kappa shape index (κ3) is 4.15. The Morgan fingerprint density at radius 1 is 1.45 bits per heavy atom. The first-order chi connectivity index (χ1) is 9.45. The van der Waals surface area contributed by atoms with Gasteiger partial charge in [0.15, 0.2) is 5.75 Å². The van der Waals surface area contributed by atoms with Gasteiger partial charge >= 0.3 is 5.97 Å². The number of ether oxygens (including phenoxy) is 2. The van der Waals surface area contributed by atoms with Crippen molar-refractivity contribution in [3.05, 3.63) is 0 Å². The summed E-state index contributed by atoms with van der Waals surface area (Å²) in [7, 11) is -2.44. The van der Waals surface area contributed by atoms with Crippen molar-refractivity contribution in [2.75, 3.05) is 32.6 Å². The maximum Gasteiger partial charge on any atom is 0.322 e. The van der Waals surface area contributed by atoms with Gasteiger partial charge in [0, 0.05) is 19.1 Å². The number of carbonyl (C=O) groups is 1. The number of carbonyl (C=O) groups excluding carboxylic acids is 1. The van der Waals surface area contributed by atoms with Crippen molar-refractivity contribution in [3.8, 4) is 0 Å². The lowest BCUT2D eigenvalue weighted by Gasteiger charge is -2.42. The number of sulfonamides is 1. The number of hydrogen-bond acceptors (Lipinski definition) is 6. The minimum Gasteiger partial charge on any atom is -0.468 e. The zero-order valence-electron chi connectivity index (χ0n) is 11.7. The molecule has 0 bridgehead atoms. The maximum absolute atomic E-state index is 11.8. The van der Waals surface area contributed by atoms with Gasteiger partial charge in [-0.3, -0.25) is 4.79 Å². The van der Waals surface area contributed by atoms with Crippen LogP contribution >= 0.6 is 0 Å². The van der Waals surface area contributed by atoms with Gasteiger partial charge in [0.25, 0.3) is 0 Å². The molecule has 2 fully saturated rings. The van der Waals surface area contributed by atoms with E-state index in [1.54, 1.807) is 0 Å². The number of morpholine rings is 1. The number of hydrogen-bond donors (Lipinski definition) is 2. The van der Waals surface area contributed by atoms with Gasteiger partial charge in [-0.25, -0.2) is 13.1 Å². The summed E-state index contributed by atoms with van der Waals surface area (Å²) in [4.78, 5) is 11.0. The molecular formula is C12H22N2O5S. The average Bonchev–Trinajstić information content (AvgIpc) is 2.42. The van der Waals surface area contributed by atoms with Crippen LogP contribution in [0.2, 0.25) is 0 Å². The highest BCUT2D eigenvalue weighted by Gasteiger charge is 2.38. The second kappa shape index (κ2) is 6.38. The van der Waals surface area contributed by atoms with Crippen LogP contribution in [0.15, 0.2) is 0 Å². The van der Waals surface area contributed by atoms with Crippen LogP contribution in [0.3, 0.4) is 0 Å². The number of esters is 1. The molecule has 0 unspecified atom stereocenters. The first-order valence-electron chi connectivity index (χ1n) is 6.86. The van der Waals surface area contributed by atoms with Crippen molar-refractivity contribution >= 4 is 16.0 Å². The summed E-state index contributed by atoms with van der Waals surface area (Å²) in [6, 6.07) is -0.124. The molecule has 0 aromatic carbocycles. The van der Waals surface area contributed by atoms with Gasteiger partial charge in [-0.1, -0.05) is 0 Å². The fourth-order valence-corrected chi connectivity index (χ4v) is 4.05. The van der Waals surface area contributed by atoms with Crippen LogP contribution < -0.4 is 10.0 Å². The van der Waals surface area contributed by atoms with Crippen LogP contribution in [0, 0.1) is 0 Å². The Labute approximate surface area is 119 Å². The Balaban J connectivity index is 1.83. The molecule has 1 heterocycles. The molecule has 0 radical (unpaired) electrons. The predicted molar refractivity (Wildman–Crippen MR) is 72.7 cm³/mol. The fraction of sp³-hybridized carbons (Fsp3) is 0.917. The first-order valence-corrected chi connectivity index (χ1v) is 8.51. The second-order valence-corrected chi connectivity index (χ2v) is 7.19. The summed E-state index contributed by atoms with van der Waals surface area (Å²) in [5, 5.41) is 3.32. The Hall–Kier alpha value is -0.700. The van der Waals surface area contributed by atoms with Gasteiger partial charge < -0.3 is 14.8 Å². The van der Waals surface area contributed by atoms with E-state index in [0.29, 0.717) is 6.61 Å². The van der Waals surface area contributed by atoms with E-state index in [1.807, 2.05) is 0 Å². The fourth-order valence-electron chi connectivity index (χ4n) is 2.80. The molecule has 8 heteroatoms. The zero-order valence-corrected chi connectivity index (χ0v) is 12.5. The number of nitrogens with one attached hydrogen (secondary N) is 2. The van der Waals surface area contributed by atoms with Crippen molar-refractivity contribution in [1.29, 1.82) is 0 Å². The molecule has 7 nitrogen and oxygen atoms in total. The molecule has 1 saturated heterocycles. The molecule has 1 spiro atoms. The van der Waals surface area contributed by atoms with Gasteiger partial charge in [-0.05, 0) is 25.7 Å². The lowest BCUT2D eigenvalue weighted by atomic mass is 9.81. The average molecular weight is 306 g/mol. The van der Waals surface area contributed by atoms with Crippen molar-refractivity contribution in [2.24, 2.45) is 0 Å². The van der Waals surface area contributed by atoms with Crippen molar-refractivity contribution < 1.29 is 22.7 Å². The maximum atomic E-state index is 11.8. The highest BCUT2D eigenvalue weighted by molar-refractivity contribution is 7.90. The van der Waals surface area contributed by atoms with Crippen molar-refractivity contribution in [1.82, 2.24) is 10.0 Å². The largest absolute Gasteiger partial charge is 0.468 e. The Morgan fingerprint density at radius 3 is 2.70 bits per heavy atom. The van der Waals surface area contributed by atoms with Crippen LogP contribution in [0.25, 0.3) is 0 Å². The molecule has 2 aliphatic rings. The van der Waals surface area contributed by atoms with Gasteiger partial charge in [-0.2, -0.15) is 0 Å². The van der Waals surface area contributed by atoms with E-state index in [4.69, 9.17) is 4.74 Å². The van der Waals surface area contributed by atoms with E-state index in [2.05, 4.69) is 14.8 Å². The smallest absolute Gasteiger partial charge is 0.322 e. The Morgan fingerprint density at radius 2 is 2.15 bits per heavy atom. The van der Waals surface area contributed by atoms with Crippen LogP contribution in [0.4, 0.5) is 0 Å². The minimum absolute atomic E-state index is 0.124. The van der Waals surface area contributed by atoms with E-state index < -0.39 is 21.7 Å². The molecule has 0 aromatic rings. The highest BCUT2D eigenvalue weighted by atomic mass is 32.2. The summed E-state index contributed by atoms with van der Waals surface area (Å²) < 4.78 is 36.4. The van der Waals surface area contributed by atoms with Crippen molar-refractivity contribution in [2.45, 2.75) is 37.3 Å². The molecule has 20 heavy (non-hydrogen) atoms. The second-order valence-electron chi connectivity index (χ2n) is 5.44. The predicted octanol–water partition coefficient (Wildman–Crippen LogP) is -0.620. The van der Waals surface area contributed by atoms with E-state index in [-0.39, 0.29) is 11.6 Å². The van der Waals surface area contributed by atoms with Gasteiger partial charge in [-0.15, -0.1) is 0 Å². The Kier molecular flexibility index (Phi) is 5.00. The summed E-state index contributed by atoms with van der Waals surface area (Å²) >= 11 is 0. The van der Waals surface area contributed by atoms with Gasteiger partial charge in [0.2, 0.25) is 10.0 Å². The third-order valence-corrected chi connectivity index (χ3v) is 5.22. The van der Waals surface area contributed by atoms with Crippen LogP contribution in [0.1, 0.15) is 25.7 Å². The summed E-state index contributed by atoms with van der Waals surface area (Å²) in [6.45, 7) is 2.41. The topological polar surface area (TPSA) is 93.7 Å². The summed E-state index contributed by atoms with van der Waals surface area (Å²) in [5.41, 5.74) is -0.136. The van der Waals surface area contributed by atoms with Crippen LogP contribution in [0.5, 0.6) is 0 Å². The summed E-state index contributed by atoms with van der Waals surface area (Å²) in [6.07, 6.45) is 3.10. The van der Waals surface area contributed by atoms with E-state index in [0.717, 1.165) is 38.8 Å². The molecule has 2 rings (SSSR count). The molecule has 2 N–H and O–H groups in total. The Bertz CT molecular complexity index is 435. The molecule has 1 aliphatic carbocycles. The third-order valence-electron chi connectivity index (χ3n) is 3.91. The molecule has 0 amide bonds. The summed E-state index contributed by atoms with van der Waals surface area (Å²) in [5.74, 6) is -1.37. The number of methoxy groups -OCH3 is 1. The molecule has 1 aliphatic heterocycles. The van der Waals surface area contributed by atoms with Gasteiger partial charge in [0.05, 0.1) is 19.3 Å². The monoisotopic (exact) mass is 306 g/mol. The first kappa shape index (κ1) is 15.7. The lowest BCUT2D eigenvalue weighted by molar-refractivity contribution is -0.137. The quantitative estimate of drug-likeness (QED) is 0.672. The SMILES string of the molecule is COC(=O)CS(=O)(=O)NC1CCC2(CC1)CNCCO2. The minimum atomic E-state index is -3.62. The van der Waals surface area contributed by atoms with E-state index in [9.17, 15) is 13.2 Å². The van der Waals surface area contributed by atoms with E-state index in [1.165, 1.54) is 7.11 Å². The normalized spacial score (nSPS) is 31.1.